The third-order valence-corrected chi connectivity index (χ3v) is 6.94. The van der Waals surface area contributed by atoms with E-state index in [2.05, 4.69) is 24.7 Å². The van der Waals surface area contributed by atoms with E-state index in [0.717, 1.165) is 0 Å². The van der Waals surface area contributed by atoms with Gasteiger partial charge in [-0.2, -0.15) is 0 Å². The molecule has 0 spiro atoms. The summed E-state index contributed by atoms with van der Waals surface area (Å²) in [5.41, 5.74) is 0.779. The van der Waals surface area contributed by atoms with Gasteiger partial charge in [-0.3, -0.25) is 20.3 Å². The number of amides is 3. The van der Waals surface area contributed by atoms with E-state index < -0.39 is 42.3 Å². The molecule has 0 aromatic rings. The Labute approximate surface area is 208 Å². The Hall–Kier alpha value is -1.94. The van der Waals surface area contributed by atoms with Crippen molar-refractivity contribution in [2.24, 2.45) is 16.8 Å². The topological polar surface area (TPSA) is 179 Å². The molecule has 9 atom stereocenters. The van der Waals surface area contributed by atoms with Crippen molar-refractivity contribution in [2.75, 3.05) is 19.6 Å². The van der Waals surface area contributed by atoms with Crippen LogP contribution in [-0.4, -0.2) is 94.0 Å². The Kier molecular flexibility index (Phi) is 9.01. The van der Waals surface area contributed by atoms with Gasteiger partial charge < -0.3 is 28.7 Å². The summed E-state index contributed by atoms with van der Waals surface area (Å²) in [6, 6.07) is -1.12. The number of carbonyl (C=O) groups is 4. The molecule has 4 unspecified atom stereocenters. The molecule has 0 aromatic heterocycles. The number of aliphatic imine (C=N–C) groups is 1. The molecule has 3 heterocycles. The van der Waals surface area contributed by atoms with Crippen molar-refractivity contribution in [3.63, 3.8) is 0 Å². The molecule has 2 saturated heterocycles. The van der Waals surface area contributed by atoms with Gasteiger partial charge in [-0.25, -0.2) is 19.4 Å². The van der Waals surface area contributed by atoms with Gasteiger partial charge in [0.1, 0.15) is 5.70 Å². The van der Waals surface area contributed by atoms with Crippen LogP contribution < -0.4 is 10.6 Å². The lowest BCUT2D eigenvalue weighted by atomic mass is 9.77. The van der Waals surface area contributed by atoms with E-state index in [1.165, 1.54) is 11.8 Å². The Balaban J connectivity index is 1.80. The van der Waals surface area contributed by atoms with Crippen LogP contribution in [0.1, 0.15) is 13.8 Å². The lowest BCUT2D eigenvalue weighted by Crippen LogP contribution is -2.63. The first kappa shape index (κ1) is 27.6. The molecule has 3 aliphatic heterocycles. The van der Waals surface area contributed by atoms with Gasteiger partial charge in [0, 0.05) is 25.6 Å². The van der Waals surface area contributed by atoms with Crippen LogP contribution in [-0.2, 0) is 23.2 Å². The number of likely N-dealkylation sites (tertiary alicyclic amines) is 1. The molecule has 0 aliphatic carbocycles. The van der Waals surface area contributed by atoms with Gasteiger partial charge >= 0.3 is 18.2 Å². The normalized spacial score (nSPS) is 28.6. The van der Waals surface area contributed by atoms with E-state index in [4.69, 9.17) is 4.52 Å². The molecular weight excluding hydrogens is 523 g/mol. The zero-order valence-electron chi connectivity index (χ0n) is 18.9. The number of hydrogen-bond acceptors (Lipinski definition) is 11. The standard InChI is InChI=1S/C18H28N5O9P3/c1-6-8(13(15(27)30-33)23-12(6)11(7(2)24)14(23)26)3-22-4-9(10(25)5-22)19-16(20-17(28)31-34)21-18(29)32-35/h6-7,9-12,24-25H,3-5,33-35H2,1-2H3,(H2,19,20,21,28,29)/t6-,7+,9-,10-,11?,12+/m0/s1. The average Bonchev–Trinajstić information content (AvgIpc) is 3.27. The Morgan fingerprint density at radius 1 is 1.14 bits per heavy atom. The lowest BCUT2D eigenvalue weighted by molar-refractivity contribution is -0.162. The second-order valence-electron chi connectivity index (χ2n) is 8.40. The van der Waals surface area contributed by atoms with Gasteiger partial charge in [-0.1, -0.05) is 6.92 Å². The second kappa shape index (κ2) is 11.4. The first-order chi connectivity index (χ1) is 16.5. The van der Waals surface area contributed by atoms with Crippen LogP contribution in [0, 0.1) is 11.8 Å². The van der Waals surface area contributed by atoms with Crippen molar-refractivity contribution in [3.05, 3.63) is 11.3 Å². The minimum atomic E-state index is -0.967. The smallest absolute Gasteiger partial charge is 0.416 e. The molecule has 3 amide bonds. The number of nitrogens with one attached hydrogen (secondary N) is 2. The van der Waals surface area contributed by atoms with Gasteiger partial charge in [-0.15, -0.1) is 0 Å². The van der Waals surface area contributed by atoms with Crippen molar-refractivity contribution >= 4 is 58.4 Å². The predicted molar refractivity (Wildman–Crippen MR) is 130 cm³/mol. The number of hydrogen-bond donors (Lipinski definition) is 4. The highest BCUT2D eigenvalue weighted by molar-refractivity contribution is 7.11. The molecule has 0 radical (unpaired) electrons. The van der Waals surface area contributed by atoms with Gasteiger partial charge in [0.2, 0.25) is 11.9 Å². The molecule has 0 saturated carbocycles. The third-order valence-electron chi connectivity index (χ3n) is 6.29. The third kappa shape index (κ3) is 5.58. The monoisotopic (exact) mass is 551 g/mol. The number of guanidine groups is 1. The fourth-order valence-corrected chi connectivity index (χ4v) is 4.99. The minimum absolute atomic E-state index is 0.135. The molecule has 2 fully saturated rings. The van der Waals surface area contributed by atoms with Crippen molar-refractivity contribution in [2.45, 2.75) is 38.1 Å². The van der Waals surface area contributed by atoms with E-state index in [1.807, 2.05) is 21.3 Å². The van der Waals surface area contributed by atoms with Crippen LogP contribution in [0.25, 0.3) is 0 Å². The van der Waals surface area contributed by atoms with Gasteiger partial charge in [0.15, 0.2) is 0 Å². The number of β-lactam (4-membered cyclic amide) rings is 1. The summed E-state index contributed by atoms with van der Waals surface area (Å²) in [7, 11) is 5.37. The maximum Gasteiger partial charge on any atom is 0.416 e. The van der Waals surface area contributed by atoms with Gasteiger partial charge in [-0.05, 0) is 12.5 Å². The number of carbonyl (C=O) groups excluding carboxylic acids is 4. The fourth-order valence-electron chi connectivity index (χ4n) is 4.76. The van der Waals surface area contributed by atoms with E-state index >= 15 is 0 Å². The summed E-state index contributed by atoms with van der Waals surface area (Å²) < 4.78 is 13.7. The SMILES string of the molecule is C[C@@H](O)C1C(=O)N2C(C(=O)OP)=C(CN3C[C@H](N=C(NC(=O)OP)NC(=O)OP)[C@@H](O)C3)[C@H](C)[C@H]12. The van der Waals surface area contributed by atoms with Crippen LogP contribution in [0.3, 0.4) is 0 Å². The summed E-state index contributed by atoms with van der Waals surface area (Å²) in [4.78, 5) is 55.7. The molecule has 0 bridgehead atoms. The average molecular weight is 551 g/mol. The second-order valence-corrected chi connectivity index (χ2v) is 9.11. The highest BCUT2D eigenvalue weighted by Crippen LogP contribution is 2.47. The molecule has 17 heteroatoms. The summed E-state index contributed by atoms with van der Waals surface area (Å²) >= 11 is 0. The van der Waals surface area contributed by atoms with Crippen LogP contribution in [0.15, 0.2) is 16.3 Å². The Morgan fingerprint density at radius 3 is 2.26 bits per heavy atom. The number of β-amino-alcohol motifs (C(OH)–C–C–N with tert-alkyl or cyclic N) is 1. The number of aliphatic hydroxyl groups is 2. The van der Waals surface area contributed by atoms with Crippen molar-refractivity contribution < 1.29 is 43.0 Å². The Morgan fingerprint density at radius 2 is 1.74 bits per heavy atom. The molecule has 14 nitrogen and oxygen atoms in total. The van der Waals surface area contributed by atoms with Gasteiger partial charge in [0.05, 0.1) is 58.6 Å². The van der Waals surface area contributed by atoms with Crippen LogP contribution in [0.4, 0.5) is 9.59 Å². The molecular formula is C18H28N5O9P3. The molecule has 194 valence electrons. The summed E-state index contributed by atoms with van der Waals surface area (Å²) in [5.74, 6) is -2.17. The first-order valence-electron chi connectivity index (χ1n) is 10.5. The molecule has 35 heavy (non-hydrogen) atoms. The summed E-state index contributed by atoms with van der Waals surface area (Å²) in [5, 5.41) is 25.1. The van der Waals surface area contributed by atoms with E-state index in [9.17, 15) is 29.4 Å². The first-order valence-corrected chi connectivity index (χ1v) is 11.9. The number of rotatable bonds is 5. The van der Waals surface area contributed by atoms with Crippen molar-refractivity contribution in [1.29, 1.82) is 0 Å². The quantitative estimate of drug-likeness (QED) is 0.141. The molecule has 3 rings (SSSR count). The molecule has 0 aromatic carbocycles. The van der Waals surface area contributed by atoms with E-state index in [0.29, 0.717) is 5.57 Å². The van der Waals surface area contributed by atoms with Crippen LogP contribution in [0.2, 0.25) is 0 Å². The fraction of sp³-hybridized carbons (Fsp3) is 0.611. The predicted octanol–water partition coefficient (Wildman–Crippen LogP) is -1.14. The number of nitrogens with zero attached hydrogens (tertiary/aromatic N) is 3. The maximum absolute atomic E-state index is 12.6. The Bertz CT molecular complexity index is 942. The van der Waals surface area contributed by atoms with Crippen molar-refractivity contribution in [3.8, 4) is 0 Å². The van der Waals surface area contributed by atoms with E-state index in [1.54, 1.807) is 18.9 Å². The van der Waals surface area contributed by atoms with Crippen LogP contribution >= 0.6 is 28.4 Å². The molecule has 4 N–H and O–H groups in total. The van der Waals surface area contributed by atoms with Crippen LogP contribution in [0.5, 0.6) is 0 Å². The maximum atomic E-state index is 12.6. The summed E-state index contributed by atoms with van der Waals surface area (Å²) in [6.45, 7) is 4.01. The lowest BCUT2D eigenvalue weighted by Gasteiger charge is -2.46. The summed E-state index contributed by atoms with van der Waals surface area (Å²) in [6.07, 6.45) is -3.68. The largest absolute Gasteiger partial charge is 0.447 e. The van der Waals surface area contributed by atoms with Crippen molar-refractivity contribution in [1.82, 2.24) is 20.4 Å². The minimum Gasteiger partial charge on any atom is -0.447 e. The highest BCUT2D eigenvalue weighted by atomic mass is 31.0. The number of aliphatic hydroxyl groups excluding tert-OH is 2. The zero-order valence-corrected chi connectivity index (χ0v) is 22.4. The van der Waals surface area contributed by atoms with E-state index in [-0.39, 0.29) is 49.2 Å². The van der Waals surface area contributed by atoms with Gasteiger partial charge in [0.25, 0.3) is 0 Å². The zero-order chi connectivity index (χ0) is 26.0. The molecule has 3 aliphatic rings. The number of fused-ring (bicyclic) bond motifs is 1. The highest BCUT2D eigenvalue weighted by Gasteiger charge is 2.60.